The van der Waals surface area contributed by atoms with Crippen LogP contribution >= 0.6 is 0 Å². The van der Waals surface area contributed by atoms with E-state index in [1.54, 1.807) is 0 Å². The fourth-order valence-electron chi connectivity index (χ4n) is 2.03. The molecule has 122 valence electrons. The molecule has 0 bridgehead atoms. The van der Waals surface area contributed by atoms with Crippen LogP contribution in [0.25, 0.3) is 0 Å². The Morgan fingerprint density at radius 1 is 1.45 bits per heavy atom. The highest BCUT2D eigenvalue weighted by molar-refractivity contribution is 5.67. The molecule has 0 spiro atoms. The number of rotatable bonds is 5. The highest BCUT2D eigenvalue weighted by atomic mass is 19.4. The molecule has 0 aliphatic carbocycles. The van der Waals surface area contributed by atoms with Crippen LogP contribution in [0, 0.1) is 0 Å². The predicted octanol–water partition coefficient (Wildman–Crippen LogP) is 2.55. The molecule has 8 heteroatoms. The predicted molar refractivity (Wildman–Crippen MR) is 71.3 cm³/mol. The quantitative estimate of drug-likeness (QED) is 0.906. The number of carbonyl (C=O) groups is 1. The van der Waals surface area contributed by atoms with Gasteiger partial charge in [0.15, 0.2) is 0 Å². The second kappa shape index (κ2) is 7.44. The number of nitrogens with one attached hydrogen (secondary N) is 1. The Labute approximate surface area is 125 Å². The molecule has 1 N–H and O–H groups in total. The van der Waals surface area contributed by atoms with E-state index in [0.717, 1.165) is 25.1 Å². The summed E-state index contributed by atoms with van der Waals surface area (Å²) in [5.74, 6) is 0. The van der Waals surface area contributed by atoms with Gasteiger partial charge in [-0.2, -0.15) is 13.2 Å². The first kappa shape index (κ1) is 16.5. The number of alkyl carbamates (subject to hydrolysis) is 1. The van der Waals surface area contributed by atoms with Crippen molar-refractivity contribution in [1.82, 2.24) is 10.3 Å². The summed E-state index contributed by atoms with van der Waals surface area (Å²) < 4.78 is 47.4. The maximum atomic E-state index is 12.4. The first-order valence-electron chi connectivity index (χ1n) is 6.99. The maximum Gasteiger partial charge on any atom is 0.417 e. The Kier molecular flexibility index (Phi) is 5.59. The van der Waals surface area contributed by atoms with E-state index in [4.69, 9.17) is 9.47 Å². The van der Waals surface area contributed by atoms with Crippen molar-refractivity contribution in [1.29, 1.82) is 0 Å². The van der Waals surface area contributed by atoms with Crippen LogP contribution in [0.15, 0.2) is 18.3 Å². The van der Waals surface area contributed by atoms with Gasteiger partial charge < -0.3 is 14.8 Å². The number of hydrogen-bond donors (Lipinski definition) is 1. The van der Waals surface area contributed by atoms with E-state index in [2.05, 4.69) is 10.3 Å². The number of ether oxygens (including phenoxy) is 2. The first-order valence-corrected chi connectivity index (χ1v) is 6.99. The highest BCUT2D eigenvalue weighted by Crippen LogP contribution is 2.28. The van der Waals surface area contributed by atoms with Crippen molar-refractivity contribution in [3.8, 4) is 0 Å². The molecule has 1 amide bonds. The SMILES string of the molecule is O=C(NCCc1ccc(C(F)(F)F)cn1)OCC1CCCO1. The summed E-state index contributed by atoms with van der Waals surface area (Å²) in [6.07, 6.45) is -2.05. The number of halogens is 3. The van der Waals surface area contributed by atoms with Crippen molar-refractivity contribution in [3.05, 3.63) is 29.6 Å². The number of carbonyl (C=O) groups excluding carboxylic acids is 1. The fraction of sp³-hybridized carbons (Fsp3) is 0.571. The van der Waals surface area contributed by atoms with Crippen LogP contribution in [0.3, 0.4) is 0 Å². The van der Waals surface area contributed by atoms with Gasteiger partial charge in [0, 0.05) is 31.5 Å². The molecule has 5 nitrogen and oxygen atoms in total. The lowest BCUT2D eigenvalue weighted by Gasteiger charge is -2.11. The molecule has 1 aromatic heterocycles. The Morgan fingerprint density at radius 2 is 2.27 bits per heavy atom. The molecule has 1 fully saturated rings. The largest absolute Gasteiger partial charge is 0.447 e. The van der Waals surface area contributed by atoms with Gasteiger partial charge in [-0.3, -0.25) is 4.98 Å². The standard InChI is InChI=1S/C14H17F3N2O3/c15-14(16,17)10-3-4-11(19-8-10)5-6-18-13(20)22-9-12-2-1-7-21-12/h3-4,8,12H,1-2,5-7,9H2,(H,18,20). The molecule has 0 radical (unpaired) electrons. The molecule has 1 aromatic rings. The van der Waals surface area contributed by atoms with Gasteiger partial charge in [0.25, 0.3) is 0 Å². The maximum absolute atomic E-state index is 12.4. The first-order chi connectivity index (χ1) is 10.4. The van der Waals surface area contributed by atoms with Crippen LogP contribution in [0.1, 0.15) is 24.1 Å². The van der Waals surface area contributed by atoms with Gasteiger partial charge in [-0.05, 0) is 25.0 Å². The second-order valence-corrected chi connectivity index (χ2v) is 4.95. The highest BCUT2D eigenvalue weighted by Gasteiger charge is 2.30. The second-order valence-electron chi connectivity index (χ2n) is 4.95. The average Bonchev–Trinajstić information content (AvgIpc) is 2.98. The zero-order valence-electron chi connectivity index (χ0n) is 11.9. The summed E-state index contributed by atoms with van der Waals surface area (Å²) in [4.78, 5) is 15.1. The van der Waals surface area contributed by atoms with E-state index in [9.17, 15) is 18.0 Å². The third kappa shape index (κ3) is 5.18. The summed E-state index contributed by atoms with van der Waals surface area (Å²) in [6.45, 7) is 1.14. The molecule has 0 aromatic carbocycles. The number of hydrogen-bond acceptors (Lipinski definition) is 4. The Balaban J connectivity index is 1.66. The van der Waals surface area contributed by atoms with Crippen LogP contribution in [-0.4, -0.2) is 36.9 Å². The van der Waals surface area contributed by atoms with E-state index in [1.807, 2.05) is 0 Å². The monoisotopic (exact) mass is 318 g/mol. The van der Waals surface area contributed by atoms with Crippen LogP contribution in [0.5, 0.6) is 0 Å². The van der Waals surface area contributed by atoms with Crippen molar-refractivity contribution in [2.75, 3.05) is 19.8 Å². The van der Waals surface area contributed by atoms with Gasteiger partial charge in [-0.1, -0.05) is 0 Å². The third-order valence-electron chi connectivity index (χ3n) is 3.23. The number of nitrogens with zero attached hydrogens (tertiary/aromatic N) is 1. The van der Waals surface area contributed by atoms with Crippen molar-refractivity contribution >= 4 is 6.09 Å². The molecule has 1 aliphatic heterocycles. The molecule has 1 aliphatic rings. The molecule has 2 rings (SSSR count). The minimum absolute atomic E-state index is 0.0395. The zero-order chi connectivity index (χ0) is 16.0. The van der Waals surface area contributed by atoms with Gasteiger partial charge in [0.2, 0.25) is 0 Å². The average molecular weight is 318 g/mol. The van der Waals surface area contributed by atoms with E-state index in [1.165, 1.54) is 6.07 Å². The number of amides is 1. The van der Waals surface area contributed by atoms with Crippen LogP contribution in [0.2, 0.25) is 0 Å². The minimum Gasteiger partial charge on any atom is -0.447 e. The van der Waals surface area contributed by atoms with E-state index in [0.29, 0.717) is 18.7 Å². The summed E-state index contributed by atoms with van der Waals surface area (Å²) in [7, 11) is 0. The van der Waals surface area contributed by atoms with Gasteiger partial charge in [0.1, 0.15) is 6.61 Å². The van der Waals surface area contributed by atoms with Gasteiger partial charge in [0.05, 0.1) is 11.7 Å². The lowest BCUT2D eigenvalue weighted by molar-refractivity contribution is -0.137. The summed E-state index contributed by atoms with van der Waals surface area (Å²) >= 11 is 0. The van der Waals surface area contributed by atoms with Crippen molar-refractivity contribution in [2.24, 2.45) is 0 Å². The molecule has 2 heterocycles. The van der Waals surface area contributed by atoms with Crippen LogP contribution in [-0.2, 0) is 22.1 Å². The normalized spacial score (nSPS) is 18.2. The number of pyridine rings is 1. The van der Waals surface area contributed by atoms with E-state index >= 15 is 0 Å². The van der Waals surface area contributed by atoms with Crippen molar-refractivity contribution in [2.45, 2.75) is 31.5 Å². The lowest BCUT2D eigenvalue weighted by Crippen LogP contribution is -2.29. The van der Waals surface area contributed by atoms with Crippen LogP contribution < -0.4 is 5.32 Å². The molecule has 1 atom stereocenters. The Morgan fingerprint density at radius 3 is 2.86 bits per heavy atom. The number of aromatic nitrogens is 1. The topological polar surface area (TPSA) is 60.5 Å². The van der Waals surface area contributed by atoms with Gasteiger partial charge >= 0.3 is 12.3 Å². The molecule has 1 unspecified atom stereocenters. The van der Waals surface area contributed by atoms with Gasteiger partial charge in [-0.15, -0.1) is 0 Å². The van der Waals surface area contributed by atoms with Crippen molar-refractivity contribution in [3.63, 3.8) is 0 Å². The van der Waals surface area contributed by atoms with E-state index < -0.39 is 17.8 Å². The molecular weight excluding hydrogens is 301 g/mol. The smallest absolute Gasteiger partial charge is 0.417 e. The summed E-state index contributed by atoms with van der Waals surface area (Å²) in [5, 5.41) is 2.52. The fourth-order valence-corrected chi connectivity index (χ4v) is 2.03. The Hall–Kier alpha value is -1.83. The minimum atomic E-state index is -4.39. The molecule has 22 heavy (non-hydrogen) atoms. The third-order valence-corrected chi connectivity index (χ3v) is 3.23. The molecule has 1 saturated heterocycles. The lowest BCUT2D eigenvalue weighted by atomic mass is 10.2. The van der Waals surface area contributed by atoms with Crippen molar-refractivity contribution < 1.29 is 27.4 Å². The Bertz CT molecular complexity index is 485. The zero-order valence-corrected chi connectivity index (χ0v) is 11.9. The number of alkyl halides is 3. The van der Waals surface area contributed by atoms with E-state index in [-0.39, 0.29) is 19.3 Å². The molecule has 0 saturated carbocycles. The summed E-state index contributed by atoms with van der Waals surface area (Å²) in [6, 6.07) is 2.26. The van der Waals surface area contributed by atoms with Crippen LogP contribution in [0.4, 0.5) is 18.0 Å². The van der Waals surface area contributed by atoms with Gasteiger partial charge in [-0.25, -0.2) is 4.79 Å². The molecular formula is C14H17F3N2O3. The summed E-state index contributed by atoms with van der Waals surface area (Å²) in [5.41, 5.74) is -0.326.